The minimum atomic E-state index is -0.112. The molecule has 0 aliphatic heterocycles. The van der Waals surface area contributed by atoms with Gasteiger partial charge in [-0.15, -0.1) is 11.3 Å². The second-order valence-electron chi connectivity index (χ2n) is 4.65. The summed E-state index contributed by atoms with van der Waals surface area (Å²) in [5, 5.41) is 11.9. The first-order valence-corrected chi connectivity index (χ1v) is 7.10. The van der Waals surface area contributed by atoms with Crippen LogP contribution < -0.4 is 5.32 Å². The summed E-state index contributed by atoms with van der Waals surface area (Å²) >= 11 is 1.38. The summed E-state index contributed by atoms with van der Waals surface area (Å²) < 4.78 is 0. The van der Waals surface area contributed by atoms with Gasteiger partial charge in [0, 0.05) is 11.6 Å². The van der Waals surface area contributed by atoms with Gasteiger partial charge in [0.15, 0.2) is 0 Å². The molecule has 0 unspecified atom stereocenters. The predicted molar refractivity (Wildman–Crippen MR) is 74.4 cm³/mol. The number of nitrogens with zero attached hydrogens (tertiary/aromatic N) is 1. The number of hydrogen-bond donors (Lipinski definition) is 2. The minimum absolute atomic E-state index is 0.0302. The summed E-state index contributed by atoms with van der Waals surface area (Å²) in [6.07, 6.45) is 2.26. The highest BCUT2D eigenvalue weighted by Gasteiger charge is 2.30. The first-order chi connectivity index (χ1) is 9.28. The molecule has 2 N–H and O–H groups in total. The predicted octanol–water partition coefficient (Wildman–Crippen LogP) is 2.77. The van der Waals surface area contributed by atoms with E-state index in [0.29, 0.717) is 16.5 Å². The van der Waals surface area contributed by atoms with Crippen LogP contribution in [0.2, 0.25) is 0 Å². The van der Waals surface area contributed by atoms with Crippen molar-refractivity contribution in [1.29, 1.82) is 0 Å². The molecule has 1 aromatic carbocycles. The van der Waals surface area contributed by atoms with Gasteiger partial charge in [0.25, 0.3) is 5.91 Å². The van der Waals surface area contributed by atoms with Gasteiger partial charge in [-0.2, -0.15) is 0 Å². The molecule has 1 fully saturated rings. The molecule has 0 bridgehead atoms. The Morgan fingerprint density at radius 1 is 1.47 bits per heavy atom. The van der Waals surface area contributed by atoms with Crippen molar-refractivity contribution in [3.8, 4) is 0 Å². The summed E-state index contributed by atoms with van der Waals surface area (Å²) in [6, 6.07) is 7.22. The molecule has 0 atom stereocenters. The van der Waals surface area contributed by atoms with Crippen LogP contribution in [0.5, 0.6) is 0 Å². The SMILES string of the molecule is O=C(Nc1cccc(CO)c1)c1scnc1C1CC1. The highest BCUT2D eigenvalue weighted by molar-refractivity contribution is 7.12. The number of aromatic nitrogens is 1. The van der Waals surface area contributed by atoms with Gasteiger partial charge in [-0.25, -0.2) is 4.98 Å². The number of carbonyl (C=O) groups excluding carboxylic acids is 1. The summed E-state index contributed by atoms with van der Waals surface area (Å²) in [7, 11) is 0. The molecule has 1 aliphatic rings. The second-order valence-corrected chi connectivity index (χ2v) is 5.51. The maximum Gasteiger partial charge on any atom is 0.267 e. The van der Waals surface area contributed by atoms with Crippen molar-refractivity contribution in [3.05, 3.63) is 45.9 Å². The fraction of sp³-hybridized carbons (Fsp3) is 0.286. The summed E-state index contributed by atoms with van der Waals surface area (Å²) in [5.74, 6) is 0.357. The zero-order valence-corrected chi connectivity index (χ0v) is 11.1. The van der Waals surface area contributed by atoms with Gasteiger partial charge in [0.2, 0.25) is 0 Å². The lowest BCUT2D eigenvalue weighted by molar-refractivity contribution is 0.102. The maximum absolute atomic E-state index is 12.2. The zero-order chi connectivity index (χ0) is 13.2. The highest BCUT2D eigenvalue weighted by Crippen LogP contribution is 2.41. The van der Waals surface area contributed by atoms with Gasteiger partial charge in [0.05, 0.1) is 17.8 Å². The Hall–Kier alpha value is -1.72. The van der Waals surface area contributed by atoms with Crippen molar-refractivity contribution in [2.24, 2.45) is 0 Å². The molecule has 1 heterocycles. The van der Waals surface area contributed by atoms with Crippen LogP contribution in [0.3, 0.4) is 0 Å². The van der Waals surface area contributed by atoms with E-state index in [1.54, 1.807) is 11.6 Å². The molecule has 1 aromatic heterocycles. The van der Waals surface area contributed by atoms with Crippen molar-refractivity contribution >= 4 is 22.9 Å². The number of thiazole rings is 1. The summed E-state index contributed by atoms with van der Waals surface area (Å²) in [6.45, 7) is -0.0302. The van der Waals surface area contributed by atoms with E-state index in [2.05, 4.69) is 10.3 Å². The van der Waals surface area contributed by atoms with E-state index < -0.39 is 0 Å². The number of amides is 1. The number of hydrogen-bond acceptors (Lipinski definition) is 4. The Morgan fingerprint density at radius 2 is 2.32 bits per heavy atom. The molecular formula is C14H14N2O2S. The fourth-order valence-corrected chi connectivity index (χ4v) is 2.78. The largest absolute Gasteiger partial charge is 0.392 e. The van der Waals surface area contributed by atoms with Crippen molar-refractivity contribution < 1.29 is 9.90 Å². The molecule has 19 heavy (non-hydrogen) atoms. The van der Waals surface area contributed by atoms with Gasteiger partial charge >= 0.3 is 0 Å². The van der Waals surface area contributed by atoms with Gasteiger partial charge in [-0.3, -0.25) is 4.79 Å². The normalized spacial score (nSPS) is 14.4. The Kier molecular flexibility index (Phi) is 3.31. The first kappa shape index (κ1) is 12.3. The van der Waals surface area contributed by atoms with Crippen LogP contribution in [0, 0.1) is 0 Å². The van der Waals surface area contributed by atoms with Crippen LogP contribution in [-0.2, 0) is 6.61 Å². The molecule has 4 nitrogen and oxygen atoms in total. The average Bonchev–Trinajstić information content (AvgIpc) is 3.16. The summed E-state index contributed by atoms with van der Waals surface area (Å²) in [5.41, 5.74) is 4.14. The molecule has 1 aliphatic carbocycles. The van der Waals surface area contributed by atoms with E-state index in [1.807, 2.05) is 18.2 Å². The lowest BCUT2D eigenvalue weighted by atomic mass is 10.2. The standard InChI is InChI=1S/C14H14N2O2S/c17-7-9-2-1-3-11(6-9)16-14(18)13-12(10-4-5-10)15-8-19-13/h1-3,6,8,10,17H,4-5,7H2,(H,16,18). The smallest absolute Gasteiger partial charge is 0.267 e. The number of nitrogens with one attached hydrogen (secondary N) is 1. The Labute approximate surface area is 115 Å². The quantitative estimate of drug-likeness (QED) is 0.901. The van der Waals surface area contributed by atoms with E-state index in [-0.39, 0.29) is 12.5 Å². The Balaban J connectivity index is 1.78. The molecule has 0 spiro atoms. The van der Waals surface area contributed by atoms with Crippen molar-refractivity contribution in [2.75, 3.05) is 5.32 Å². The minimum Gasteiger partial charge on any atom is -0.392 e. The topological polar surface area (TPSA) is 62.2 Å². The van der Waals surface area contributed by atoms with Crippen molar-refractivity contribution in [3.63, 3.8) is 0 Å². The molecule has 1 amide bonds. The van der Waals surface area contributed by atoms with Crippen LogP contribution in [0.15, 0.2) is 29.8 Å². The van der Waals surface area contributed by atoms with Crippen molar-refractivity contribution in [1.82, 2.24) is 4.98 Å². The Bertz CT molecular complexity index is 605. The van der Waals surface area contributed by atoms with Crippen LogP contribution in [-0.4, -0.2) is 16.0 Å². The van der Waals surface area contributed by atoms with E-state index >= 15 is 0 Å². The third kappa shape index (κ3) is 2.67. The third-order valence-corrected chi connectivity index (χ3v) is 3.97. The molecule has 2 aromatic rings. The third-order valence-electron chi connectivity index (χ3n) is 3.13. The van der Waals surface area contributed by atoms with E-state index in [0.717, 1.165) is 24.1 Å². The average molecular weight is 274 g/mol. The number of aliphatic hydroxyl groups is 1. The van der Waals surface area contributed by atoms with Gasteiger partial charge in [-0.1, -0.05) is 12.1 Å². The van der Waals surface area contributed by atoms with Crippen LogP contribution in [0.4, 0.5) is 5.69 Å². The summed E-state index contributed by atoms with van der Waals surface area (Å²) in [4.78, 5) is 17.2. The highest BCUT2D eigenvalue weighted by atomic mass is 32.1. The van der Waals surface area contributed by atoms with Gasteiger partial charge in [-0.05, 0) is 30.5 Å². The molecular weight excluding hydrogens is 260 g/mol. The van der Waals surface area contributed by atoms with E-state index in [4.69, 9.17) is 5.11 Å². The number of rotatable bonds is 4. The van der Waals surface area contributed by atoms with Crippen LogP contribution in [0.25, 0.3) is 0 Å². The zero-order valence-electron chi connectivity index (χ0n) is 10.3. The Morgan fingerprint density at radius 3 is 3.05 bits per heavy atom. The van der Waals surface area contributed by atoms with Gasteiger partial charge < -0.3 is 10.4 Å². The molecule has 0 saturated heterocycles. The fourth-order valence-electron chi connectivity index (χ4n) is 2.01. The van der Waals surface area contributed by atoms with Gasteiger partial charge in [0.1, 0.15) is 4.88 Å². The van der Waals surface area contributed by atoms with E-state index in [9.17, 15) is 4.79 Å². The number of anilines is 1. The molecule has 5 heteroatoms. The monoisotopic (exact) mass is 274 g/mol. The number of carbonyl (C=O) groups is 1. The molecule has 3 rings (SSSR count). The molecule has 1 saturated carbocycles. The lowest BCUT2D eigenvalue weighted by Gasteiger charge is -2.06. The van der Waals surface area contributed by atoms with Crippen LogP contribution >= 0.6 is 11.3 Å². The maximum atomic E-state index is 12.2. The van der Waals surface area contributed by atoms with Crippen LogP contribution in [0.1, 0.15) is 39.7 Å². The first-order valence-electron chi connectivity index (χ1n) is 6.22. The lowest BCUT2D eigenvalue weighted by Crippen LogP contribution is -2.12. The van der Waals surface area contributed by atoms with Crippen molar-refractivity contribution in [2.45, 2.75) is 25.4 Å². The number of aliphatic hydroxyl groups excluding tert-OH is 1. The second kappa shape index (κ2) is 5.11. The van der Waals surface area contributed by atoms with E-state index in [1.165, 1.54) is 11.3 Å². The number of benzene rings is 1. The molecule has 0 radical (unpaired) electrons. The molecule has 98 valence electrons.